The number of ether oxygens (including phenoxy) is 3. The lowest BCUT2D eigenvalue weighted by Gasteiger charge is -2.26. The number of thiazole rings is 1. The van der Waals surface area contributed by atoms with Crippen LogP contribution >= 0.6 is 11.3 Å². The minimum Gasteiger partial charge on any atom is -0.463 e. The summed E-state index contributed by atoms with van der Waals surface area (Å²) in [6.07, 6.45) is 1.53. The van der Waals surface area contributed by atoms with Gasteiger partial charge in [0.05, 0.1) is 33.4 Å². The lowest BCUT2D eigenvalue weighted by molar-refractivity contribution is -0.387. The molecule has 2 aliphatic rings. The Morgan fingerprint density at radius 1 is 1.09 bits per heavy atom. The molecule has 46 heavy (non-hydrogen) atoms. The Morgan fingerprint density at radius 3 is 2.67 bits per heavy atom. The van der Waals surface area contributed by atoms with E-state index in [0.29, 0.717) is 38.7 Å². The first-order valence-electron chi connectivity index (χ1n) is 14.0. The van der Waals surface area contributed by atoms with Gasteiger partial charge < -0.3 is 18.6 Å². The highest BCUT2D eigenvalue weighted by Crippen LogP contribution is 2.40. The first-order chi connectivity index (χ1) is 22.3. The van der Waals surface area contributed by atoms with Gasteiger partial charge in [-0.25, -0.2) is 9.79 Å². The summed E-state index contributed by atoms with van der Waals surface area (Å²) < 4.78 is 38.1. The topological polar surface area (TPSA) is 135 Å². The van der Waals surface area contributed by atoms with E-state index in [4.69, 9.17) is 23.6 Å². The van der Waals surface area contributed by atoms with Crippen LogP contribution in [0.1, 0.15) is 29.9 Å². The average Bonchev–Trinajstić information content (AvgIpc) is 3.80. The van der Waals surface area contributed by atoms with Crippen molar-refractivity contribution in [2.75, 3.05) is 13.4 Å². The van der Waals surface area contributed by atoms with E-state index in [-0.39, 0.29) is 35.0 Å². The molecule has 0 saturated heterocycles. The maximum Gasteiger partial charge on any atom is 0.338 e. The molecule has 0 fully saturated rings. The quantitative estimate of drug-likeness (QED) is 0.138. The number of esters is 1. The van der Waals surface area contributed by atoms with Gasteiger partial charge in [0.1, 0.15) is 11.5 Å². The molecule has 7 rings (SSSR count). The Hall–Kier alpha value is -5.82. The van der Waals surface area contributed by atoms with Crippen LogP contribution in [0.5, 0.6) is 11.5 Å². The molecule has 5 aromatic rings. The molecule has 0 spiro atoms. The molecular formula is C33H22FN3O8S. The van der Waals surface area contributed by atoms with Gasteiger partial charge in [-0.05, 0) is 48.9 Å². The number of furan rings is 1. The van der Waals surface area contributed by atoms with Crippen molar-refractivity contribution in [1.29, 1.82) is 0 Å². The zero-order valence-corrected chi connectivity index (χ0v) is 24.8. The largest absolute Gasteiger partial charge is 0.463 e. The zero-order chi connectivity index (χ0) is 31.9. The number of hydrogen-bond donors (Lipinski definition) is 0. The summed E-state index contributed by atoms with van der Waals surface area (Å²) in [6, 6.07) is 20.1. The molecule has 0 N–H and O–H groups in total. The molecule has 0 radical (unpaired) electrons. The van der Waals surface area contributed by atoms with Crippen LogP contribution in [0, 0.1) is 15.9 Å². The highest BCUT2D eigenvalue weighted by Gasteiger charge is 2.36. The first-order valence-corrected chi connectivity index (χ1v) is 14.9. The molecule has 2 aromatic heterocycles. The molecule has 11 nitrogen and oxygen atoms in total. The Balaban J connectivity index is 1.40. The van der Waals surface area contributed by atoms with Crippen molar-refractivity contribution >= 4 is 34.8 Å². The molecule has 0 amide bonds. The van der Waals surface area contributed by atoms with E-state index < -0.39 is 34.0 Å². The van der Waals surface area contributed by atoms with Crippen LogP contribution in [-0.4, -0.2) is 28.9 Å². The molecule has 4 heterocycles. The number of nitro groups is 1. The molecule has 3 aromatic carbocycles. The number of nitro benzene ring substituents is 1. The van der Waals surface area contributed by atoms with Crippen molar-refractivity contribution in [3.05, 3.63) is 137 Å². The monoisotopic (exact) mass is 639 g/mol. The fraction of sp³-hybridized carbons (Fsp3) is 0.121. The number of hydrogen-bond acceptors (Lipinski definition) is 10. The van der Waals surface area contributed by atoms with Gasteiger partial charge in [0.25, 0.3) is 5.56 Å². The smallest absolute Gasteiger partial charge is 0.338 e. The third kappa shape index (κ3) is 5.06. The summed E-state index contributed by atoms with van der Waals surface area (Å²) in [5, 5.41) is 11.2. The maximum absolute atomic E-state index is 14.1. The van der Waals surface area contributed by atoms with E-state index in [1.54, 1.807) is 37.3 Å². The van der Waals surface area contributed by atoms with Crippen molar-refractivity contribution in [3.63, 3.8) is 0 Å². The van der Waals surface area contributed by atoms with Crippen LogP contribution in [0.2, 0.25) is 0 Å². The first kappa shape index (κ1) is 28.9. The Morgan fingerprint density at radius 2 is 1.89 bits per heavy atom. The molecule has 0 saturated carbocycles. The number of fused-ring (bicyclic) bond motifs is 2. The average molecular weight is 640 g/mol. The van der Waals surface area contributed by atoms with Gasteiger partial charge in [0.2, 0.25) is 12.6 Å². The second-order valence-electron chi connectivity index (χ2n) is 10.2. The number of rotatable bonds is 7. The lowest BCUT2D eigenvalue weighted by atomic mass is 9.93. The molecule has 0 aliphatic carbocycles. The van der Waals surface area contributed by atoms with Crippen LogP contribution in [-0.2, 0) is 9.53 Å². The molecule has 0 unspecified atom stereocenters. The number of carbonyl (C=O) groups is 1. The summed E-state index contributed by atoms with van der Waals surface area (Å²) in [6.45, 7) is 1.86. The van der Waals surface area contributed by atoms with E-state index in [1.165, 1.54) is 16.7 Å². The number of aromatic nitrogens is 1. The number of halogens is 1. The number of benzene rings is 3. The standard InChI is InChI=1S/C33H22FN3O8S/c1-2-42-32(39)28-29(18-6-4-3-5-7-18)35-33-36(30(28)20-9-12-25-26(15-20)44-17-43-25)31(38)27(46-33)16-21-10-13-24(45-21)19-8-11-22(34)23(14-19)37(40)41/h3-16,30H,2,17H2,1H3/b27-16-/t30-/m1/s1. The Bertz CT molecular complexity index is 2250. The minimum atomic E-state index is -0.962. The van der Waals surface area contributed by atoms with E-state index in [0.717, 1.165) is 23.5 Å². The van der Waals surface area contributed by atoms with Crippen molar-refractivity contribution in [1.82, 2.24) is 4.57 Å². The van der Waals surface area contributed by atoms with E-state index in [1.807, 2.05) is 30.3 Å². The van der Waals surface area contributed by atoms with Crippen LogP contribution in [0.4, 0.5) is 10.1 Å². The third-order valence-electron chi connectivity index (χ3n) is 7.41. The van der Waals surface area contributed by atoms with Crippen LogP contribution in [0.3, 0.4) is 0 Å². The summed E-state index contributed by atoms with van der Waals surface area (Å²) in [5.74, 6) is -0.0376. The van der Waals surface area contributed by atoms with Crippen molar-refractivity contribution in [2.45, 2.75) is 13.0 Å². The van der Waals surface area contributed by atoms with Gasteiger partial charge in [-0.15, -0.1) is 0 Å². The highest BCUT2D eigenvalue weighted by atomic mass is 32.1. The lowest BCUT2D eigenvalue weighted by Crippen LogP contribution is -2.40. The minimum absolute atomic E-state index is 0.0494. The van der Waals surface area contributed by atoms with E-state index >= 15 is 0 Å². The van der Waals surface area contributed by atoms with Crippen LogP contribution < -0.4 is 24.4 Å². The summed E-state index contributed by atoms with van der Waals surface area (Å²) in [4.78, 5) is 43.3. The van der Waals surface area contributed by atoms with Crippen LogP contribution in [0.25, 0.3) is 23.1 Å². The molecular weight excluding hydrogens is 617 g/mol. The van der Waals surface area contributed by atoms with Gasteiger partial charge in [-0.2, -0.15) is 4.39 Å². The zero-order valence-electron chi connectivity index (χ0n) is 24.0. The normalized spacial score (nSPS) is 15.4. The van der Waals surface area contributed by atoms with Crippen molar-refractivity contribution in [3.8, 4) is 22.8 Å². The number of carbonyl (C=O) groups excluding carboxylic acids is 1. The molecule has 1 atom stereocenters. The molecule has 13 heteroatoms. The van der Waals surface area contributed by atoms with Crippen molar-refractivity contribution < 1.29 is 32.7 Å². The summed E-state index contributed by atoms with van der Waals surface area (Å²) in [7, 11) is 0. The van der Waals surface area contributed by atoms with Gasteiger partial charge in [0, 0.05) is 23.3 Å². The Kier molecular flexibility index (Phi) is 7.29. The number of nitrogens with zero attached hydrogens (tertiary/aromatic N) is 3. The second-order valence-corrected chi connectivity index (χ2v) is 11.2. The fourth-order valence-corrected chi connectivity index (χ4v) is 6.34. The molecule has 230 valence electrons. The second kappa shape index (κ2) is 11.6. The summed E-state index contributed by atoms with van der Waals surface area (Å²) >= 11 is 1.11. The predicted octanol–water partition coefficient (Wildman–Crippen LogP) is 4.97. The molecule has 0 bridgehead atoms. The van der Waals surface area contributed by atoms with Gasteiger partial charge in [0.15, 0.2) is 16.3 Å². The molecule has 2 aliphatic heterocycles. The van der Waals surface area contributed by atoms with Crippen molar-refractivity contribution in [2.24, 2.45) is 4.99 Å². The fourth-order valence-electron chi connectivity index (χ4n) is 5.36. The van der Waals surface area contributed by atoms with Crippen LogP contribution in [0.15, 0.2) is 98.6 Å². The maximum atomic E-state index is 14.1. The Labute approximate surface area is 262 Å². The van der Waals surface area contributed by atoms with E-state index in [2.05, 4.69) is 0 Å². The van der Waals surface area contributed by atoms with Gasteiger partial charge in [-0.3, -0.25) is 19.5 Å². The summed E-state index contributed by atoms with van der Waals surface area (Å²) in [5.41, 5.74) is 0.981. The van der Waals surface area contributed by atoms with Gasteiger partial charge in [-0.1, -0.05) is 47.7 Å². The highest BCUT2D eigenvalue weighted by molar-refractivity contribution is 7.07. The SMILES string of the molecule is CCOC(=O)C1=C(c2ccccc2)N=c2s/c(=C\c3ccc(-c4ccc(F)c([N+](=O)[O-])c4)o3)c(=O)n2[C@@H]1c1ccc2c(c1)OCO2. The predicted molar refractivity (Wildman–Crippen MR) is 164 cm³/mol. The van der Waals surface area contributed by atoms with Gasteiger partial charge >= 0.3 is 11.7 Å². The third-order valence-corrected chi connectivity index (χ3v) is 8.40. The van der Waals surface area contributed by atoms with E-state index in [9.17, 15) is 24.1 Å².